The molecule has 13 heteroatoms. The van der Waals surface area contributed by atoms with Crippen molar-refractivity contribution in [3.63, 3.8) is 0 Å². The van der Waals surface area contributed by atoms with Crippen LogP contribution in [0.15, 0.2) is 17.6 Å². The van der Waals surface area contributed by atoms with Gasteiger partial charge >= 0.3 is 6.09 Å². The number of nitrogens with one attached hydrogen (secondary N) is 1. The molecule has 180 valence electrons. The molecule has 5 heterocycles. The molecular weight excluding hydrogens is 461 g/mol. The molecule has 0 aliphatic carbocycles. The number of nitrogens with two attached hydrogens (primary N) is 1. The number of halogens is 1. The van der Waals surface area contributed by atoms with E-state index in [1.165, 1.54) is 11.3 Å². The number of aryl methyl sites for hydroxylation is 1. The first-order valence-electron chi connectivity index (χ1n) is 11.1. The lowest BCUT2D eigenvalue weighted by molar-refractivity contribution is -0.103. The van der Waals surface area contributed by atoms with E-state index in [-0.39, 0.29) is 12.0 Å². The number of carbonyl (C=O) groups excluding carboxylic acids is 1. The van der Waals surface area contributed by atoms with Gasteiger partial charge in [0.05, 0.1) is 36.5 Å². The highest BCUT2D eigenvalue weighted by Gasteiger charge is 2.29. The largest absolute Gasteiger partial charge is 0.430 e. The number of hydroxylamine groups is 2. The molecule has 1 amide bonds. The normalized spacial score (nSPS) is 21.3. The molecule has 5 rings (SSSR count). The number of piperazine rings is 1. The van der Waals surface area contributed by atoms with Crippen molar-refractivity contribution in [1.29, 1.82) is 0 Å². The number of thiazole rings is 1. The van der Waals surface area contributed by atoms with Gasteiger partial charge < -0.3 is 20.4 Å². The Kier molecular flexibility index (Phi) is 6.04. The predicted molar refractivity (Wildman–Crippen MR) is 129 cm³/mol. The van der Waals surface area contributed by atoms with Gasteiger partial charge in [-0.2, -0.15) is 4.98 Å². The number of fused-ring (bicyclic) bond motifs is 1. The van der Waals surface area contributed by atoms with E-state index in [9.17, 15) is 9.18 Å². The van der Waals surface area contributed by atoms with Crippen LogP contribution in [0.25, 0.3) is 10.3 Å². The van der Waals surface area contributed by atoms with E-state index in [0.717, 1.165) is 10.3 Å². The molecule has 3 N–H and O–H groups in total. The second-order valence-corrected chi connectivity index (χ2v) is 9.31. The van der Waals surface area contributed by atoms with Crippen molar-refractivity contribution in [2.45, 2.75) is 32.5 Å². The van der Waals surface area contributed by atoms with Gasteiger partial charge in [-0.15, -0.1) is 16.4 Å². The van der Waals surface area contributed by atoms with Crippen LogP contribution in [0.5, 0.6) is 0 Å². The van der Waals surface area contributed by atoms with E-state index in [4.69, 9.17) is 10.6 Å². The van der Waals surface area contributed by atoms with E-state index < -0.39 is 12.3 Å². The Bertz CT molecular complexity index is 1210. The number of hydrogen-bond acceptors (Lipinski definition) is 11. The molecule has 34 heavy (non-hydrogen) atoms. The molecular formula is C21H26FN9O2S. The van der Waals surface area contributed by atoms with Crippen molar-refractivity contribution in [3.05, 3.63) is 23.3 Å². The van der Waals surface area contributed by atoms with E-state index in [1.807, 2.05) is 11.8 Å². The van der Waals surface area contributed by atoms with Gasteiger partial charge in [-0.05, 0) is 32.4 Å². The Morgan fingerprint density at radius 2 is 2.09 bits per heavy atom. The zero-order valence-corrected chi connectivity index (χ0v) is 19.8. The molecule has 0 radical (unpaired) electrons. The van der Waals surface area contributed by atoms with Crippen LogP contribution in [-0.4, -0.2) is 76.0 Å². The first-order chi connectivity index (χ1) is 16.4. The Balaban J connectivity index is 1.19. The summed E-state index contributed by atoms with van der Waals surface area (Å²) in [6, 6.07) is 3.56. The van der Waals surface area contributed by atoms with Gasteiger partial charge in [0.1, 0.15) is 17.5 Å². The van der Waals surface area contributed by atoms with Crippen LogP contribution >= 0.6 is 11.3 Å². The van der Waals surface area contributed by atoms with Crippen molar-refractivity contribution < 1.29 is 14.0 Å². The number of hydrogen-bond donors (Lipinski definition) is 2. The van der Waals surface area contributed by atoms with Gasteiger partial charge in [-0.25, -0.2) is 24.1 Å². The summed E-state index contributed by atoms with van der Waals surface area (Å²) < 4.78 is 13.5. The predicted octanol–water partition coefficient (Wildman–Crippen LogP) is 2.59. The molecule has 3 aromatic heterocycles. The fourth-order valence-corrected chi connectivity index (χ4v) is 4.98. The standard InChI is InChI=1S/C21H26FN9O2S/c1-12-9-30(7-8-31(12)18-17-19(34-11-24-17)28-20(23)27-18)33-21(32)26-15-3-4-16(25-13(15)2)29-6-5-14(22)10-29/h3-4,11-12,14H,5-10H2,1-2H3,(H,26,32)(H2,23,27,28)/t12?,14-/m0/s1. The Morgan fingerprint density at radius 3 is 2.82 bits per heavy atom. The quantitative estimate of drug-likeness (QED) is 0.567. The fourth-order valence-electron chi connectivity index (χ4n) is 4.32. The van der Waals surface area contributed by atoms with Gasteiger partial charge in [0.2, 0.25) is 5.95 Å². The molecule has 0 saturated carbocycles. The average molecular weight is 488 g/mol. The number of anilines is 4. The summed E-state index contributed by atoms with van der Waals surface area (Å²) >= 11 is 1.42. The van der Waals surface area contributed by atoms with Crippen molar-refractivity contribution in [2.24, 2.45) is 0 Å². The van der Waals surface area contributed by atoms with Crippen LogP contribution in [0, 0.1) is 6.92 Å². The number of rotatable bonds is 4. The van der Waals surface area contributed by atoms with Crippen molar-refractivity contribution >= 4 is 51.0 Å². The van der Waals surface area contributed by atoms with E-state index in [0.29, 0.717) is 62.2 Å². The number of aromatic nitrogens is 4. The number of carbonyl (C=O) groups is 1. The van der Waals surface area contributed by atoms with Crippen LogP contribution in [0.3, 0.4) is 0 Å². The summed E-state index contributed by atoms with van der Waals surface area (Å²) in [6.07, 6.45) is -0.897. The molecule has 2 aliphatic rings. The maximum Gasteiger partial charge on any atom is 0.430 e. The summed E-state index contributed by atoms with van der Waals surface area (Å²) in [5.74, 6) is 1.61. The molecule has 3 aromatic rings. The van der Waals surface area contributed by atoms with Gasteiger partial charge in [0.15, 0.2) is 10.6 Å². The molecule has 2 fully saturated rings. The first-order valence-corrected chi connectivity index (χ1v) is 12.0. The average Bonchev–Trinajstić information content (AvgIpc) is 3.43. The molecule has 2 aliphatic heterocycles. The van der Waals surface area contributed by atoms with Gasteiger partial charge in [0, 0.05) is 19.1 Å². The number of pyridine rings is 1. The third-order valence-electron chi connectivity index (χ3n) is 6.03. The summed E-state index contributed by atoms with van der Waals surface area (Å²) in [4.78, 5) is 40.4. The van der Waals surface area contributed by atoms with Crippen LogP contribution < -0.4 is 20.9 Å². The van der Waals surface area contributed by atoms with Gasteiger partial charge in [-0.3, -0.25) is 5.32 Å². The summed E-state index contributed by atoms with van der Waals surface area (Å²) in [5.41, 5.74) is 9.53. The maximum absolute atomic E-state index is 13.5. The third kappa shape index (κ3) is 4.53. The molecule has 2 saturated heterocycles. The Morgan fingerprint density at radius 1 is 1.24 bits per heavy atom. The second-order valence-electron chi connectivity index (χ2n) is 8.48. The minimum Gasteiger partial charge on any atom is -0.368 e. The second kappa shape index (κ2) is 9.14. The van der Waals surface area contributed by atoms with Crippen molar-refractivity contribution in [2.75, 3.05) is 53.6 Å². The first kappa shape index (κ1) is 22.5. The molecule has 0 bridgehead atoms. The minimum absolute atomic E-state index is 0.00299. The zero-order chi connectivity index (χ0) is 23.8. The van der Waals surface area contributed by atoms with E-state index in [1.54, 1.807) is 29.6 Å². The Hall–Kier alpha value is -3.32. The zero-order valence-electron chi connectivity index (χ0n) is 18.9. The summed E-state index contributed by atoms with van der Waals surface area (Å²) in [7, 11) is 0. The lowest BCUT2D eigenvalue weighted by Gasteiger charge is -2.39. The fraction of sp³-hybridized carbons (Fsp3) is 0.476. The number of amides is 1. The molecule has 0 aromatic carbocycles. The van der Waals surface area contributed by atoms with Crippen molar-refractivity contribution in [1.82, 2.24) is 25.0 Å². The van der Waals surface area contributed by atoms with Crippen LogP contribution in [0.1, 0.15) is 19.0 Å². The SMILES string of the molecule is Cc1nc(N2CC[C@H](F)C2)ccc1NC(=O)ON1CCN(c2nc(N)nc3scnc23)C(C)C1. The molecule has 2 atom stereocenters. The number of alkyl halides is 1. The number of nitrogens with zero attached hydrogens (tertiary/aromatic N) is 7. The smallest absolute Gasteiger partial charge is 0.368 e. The Labute approximate surface area is 199 Å². The van der Waals surface area contributed by atoms with Gasteiger partial charge in [-0.1, -0.05) is 0 Å². The topological polar surface area (TPSA) is 126 Å². The van der Waals surface area contributed by atoms with Crippen molar-refractivity contribution in [3.8, 4) is 0 Å². The van der Waals surface area contributed by atoms with Crippen LogP contribution in [-0.2, 0) is 4.84 Å². The van der Waals surface area contributed by atoms with E-state index >= 15 is 0 Å². The molecule has 1 unspecified atom stereocenters. The lowest BCUT2D eigenvalue weighted by Crippen LogP contribution is -2.53. The van der Waals surface area contributed by atoms with Crippen LogP contribution in [0.4, 0.5) is 32.5 Å². The molecule has 0 spiro atoms. The van der Waals surface area contributed by atoms with E-state index in [2.05, 4.69) is 30.2 Å². The maximum atomic E-state index is 13.5. The van der Waals surface area contributed by atoms with Crippen LogP contribution in [0.2, 0.25) is 0 Å². The monoisotopic (exact) mass is 487 g/mol. The summed E-state index contributed by atoms with van der Waals surface area (Å²) in [5, 5.41) is 4.38. The third-order valence-corrected chi connectivity index (χ3v) is 6.75. The highest BCUT2D eigenvalue weighted by molar-refractivity contribution is 7.16. The summed E-state index contributed by atoms with van der Waals surface area (Å²) in [6.45, 7) is 6.37. The lowest BCUT2D eigenvalue weighted by atomic mass is 10.2. The molecule has 11 nitrogen and oxygen atoms in total. The highest BCUT2D eigenvalue weighted by Crippen LogP contribution is 2.29. The number of nitrogen functional groups attached to an aromatic ring is 1. The highest BCUT2D eigenvalue weighted by atomic mass is 32.1. The van der Waals surface area contributed by atoms with Gasteiger partial charge in [0.25, 0.3) is 0 Å². The minimum atomic E-state index is -0.822.